The van der Waals surface area contributed by atoms with Crippen LogP contribution < -0.4 is 9.44 Å². The summed E-state index contributed by atoms with van der Waals surface area (Å²) in [5.41, 5.74) is 5.57. The molecular formula is C32H45N7O4S2. The Kier molecular flexibility index (Phi) is 10.2. The molecule has 0 saturated heterocycles. The maximum atomic E-state index is 13.5. The summed E-state index contributed by atoms with van der Waals surface area (Å²) in [5.74, 6) is 1.03. The fourth-order valence-corrected chi connectivity index (χ4v) is 7.33. The monoisotopic (exact) mass is 655 g/mol. The van der Waals surface area contributed by atoms with Gasteiger partial charge < -0.3 is 0 Å². The quantitative estimate of drug-likeness (QED) is 0.267. The van der Waals surface area contributed by atoms with E-state index in [0.29, 0.717) is 42.3 Å². The standard InChI is InChI=1S/C32H45N7O4S2/c1-10-23(16-17-33-44(9,40)41)24-13-15-27(21(4)18-24)34-29-26(11-2)37-39-30(35-36-31(29)39)22(5)38-45(42,43)28-19-25(32(6,7)8)14-12-20(28)3/h12-15,18-19,22-23,33,38H,10-11,16-17H2,1-9H3. The first kappa shape index (κ1) is 34.6. The molecule has 13 heteroatoms. The zero-order valence-electron chi connectivity index (χ0n) is 27.6. The minimum absolute atomic E-state index is 0.202. The molecule has 1 aliphatic heterocycles. The lowest BCUT2D eigenvalue weighted by atomic mass is 9.87. The van der Waals surface area contributed by atoms with Crippen LogP contribution in [0.15, 0.2) is 51.4 Å². The van der Waals surface area contributed by atoms with Crippen molar-refractivity contribution in [1.82, 2.24) is 24.3 Å². The molecule has 1 aromatic heterocycles. The Balaban J connectivity index is 1.60. The van der Waals surface area contributed by atoms with Gasteiger partial charge in [0, 0.05) is 6.54 Å². The molecule has 0 bridgehead atoms. The van der Waals surface area contributed by atoms with Crippen LogP contribution in [-0.4, -0.2) is 55.9 Å². The van der Waals surface area contributed by atoms with Gasteiger partial charge in [0.05, 0.1) is 28.6 Å². The van der Waals surface area contributed by atoms with Crippen molar-refractivity contribution in [3.8, 4) is 0 Å². The number of nitrogens with one attached hydrogen (secondary N) is 2. The van der Waals surface area contributed by atoms with Gasteiger partial charge in [0.1, 0.15) is 5.71 Å². The van der Waals surface area contributed by atoms with Gasteiger partial charge in [0.2, 0.25) is 25.9 Å². The van der Waals surface area contributed by atoms with Crippen molar-refractivity contribution in [2.45, 2.75) is 96.9 Å². The minimum Gasteiger partial charge on any atom is -0.243 e. The van der Waals surface area contributed by atoms with Crippen molar-refractivity contribution in [2.24, 2.45) is 10.1 Å². The molecule has 4 rings (SSSR count). The first-order chi connectivity index (χ1) is 20.9. The second-order valence-corrected chi connectivity index (χ2v) is 16.2. The number of aromatic nitrogens is 3. The second-order valence-electron chi connectivity index (χ2n) is 12.7. The molecule has 244 valence electrons. The fraction of sp³-hybridized carbons (Fsp3) is 0.500. The number of sulfonamides is 2. The van der Waals surface area contributed by atoms with Crippen LogP contribution in [0.25, 0.3) is 0 Å². The molecule has 11 nitrogen and oxygen atoms in total. The Morgan fingerprint density at radius 2 is 1.69 bits per heavy atom. The summed E-state index contributed by atoms with van der Waals surface area (Å²) in [6.45, 7) is 16.1. The number of aliphatic imine (C=N–C) groups is 1. The molecule has 0 amide bonds. The highest BCUT2D eigenvalue weighted by molar-refractivity contribution is 7.89. The topological polar surface area (TPSA) is 148 Å². The van der Waals surface area contributed by atoms with Crippen LogP contribution in [0.5, 0.6) is 0 Å². The number of fused-ring (bicyclic) bond motifs is 1. The van der Waals surface area contributed by atoms with Crippen LogP contribution in [0.3, 0.4) is 0 Å². The van der Waals surface area contributed by atoms with Gasteiger partial charge in [-0.15, -0.1) is 10.2 Å². The van der Waals surface area contributed by atoms with Crippen LogP contribution in [0.2, 0.25) is 0 Å². The van der Waals surface area contributed by atoms with E-state index in [4.69, 9.17) is 10.1 Å². The third-order valence-corrected chi connectivity index (χ3v) is 10.5. The number of hydrogen-bond acceptors (Lipinski definition) is 8. The van der Waals surface area contributed by atoms with Crippen molar-refractivity contribution in [3.05, 3.63) is 70.3 Å². The smallest absolute Gasteiger partial charge is 0.241 e. The maximum Gasteiger partial charge on any atom is 0.241 e. The van der Waals surface area contributed by atoms with Gasteiger partial charge in [0.15, 0.2) is 5.82 Å². The van der Waals surface area contributed by atoms with E-state index < -0.39 is 26.1 Å². The zero-order valence-corrected chi connectivity index (χ0v) is 29.3. The van der Waals surface area contributed by atoms with E-state index in [1.54, 1.807) is 24.6 Å². The average Bonchev–Trinajstić information content (AvgIpc) is 3.50. The van der Waals surface area contributed by atoms with E-state index in [1.807, 2.05) is 58.9 Å². The number of aryl methyl sites for hydroxylation is 2. The molecule has 0 radical (unpaired) electrons. The average molecular weight is 656 g/mol. The van der Waals surface area contributed by atoms with Gasteiger partial charge in [0.25, 0.3) is 0 Å². The van der Waals surface area contributed by atoms with Crippen molar-refractivity contribution >= 4 is 37.2 Å². The number of nitrogens with zero attached hydrogens (tertiary/aromatic N) is 5. The molecule has 2 heterocycles. The predicted molar refractivity (Wildman–Crippen MR) is 180 cm³/mol. The molecular weight excluding hydrogens is 611 g/mol. The van der Waals surface area contributed by atoms with Gasteiger partial charge in [-0.05, 0) is 85.8 Å². The van der Waals surface area contributed by atoms with Crippen LogP contribution in [0, 0.1) is 13.8 Å². The lowest BCUT2D eigenvalue weighted by Gasteiger charge is -2.21. The SMILES string of the molecule is CCC1=Nn2c(nnc2C(C)NS(=O)(=O)c2cc(C(C)(C)C)ccc2C)C1=Nc1ccc(C(CC)CCNS(C)(=O)=O)cc1C. The first-order valence-corrected chi connectivity index (χ1v) is 18.6. The van der Waals surface area contributed by atoms with Crippen molar-refractivity contribution in [1.29, 1.82) is 0 Å². The lowest BCUT2D eigenvalue weighted by molar-refractivity contribution is 0.550. The zero-order chi connectivity index (χ0) is 33.3. The molecule has 2 unspecified atom stereocenters. The number of hydrogen-bond donors (Lipinski definition) is 2. The normalized spacial score (nSPS) is 16.1. The summed E-state index contributed by atoms with van der Waals surface area (Å²) in [4.78, 5) is 5.18. The van der Waals surface area contributed by atoms with Gasteiger partial charge in [-0.2, -0.15) is 9.78 Å². The molecule has 2 aromatic carbocycles. The second kappa shape index (κ2) is 13.2. The fourth-order valence-electron chi connectivity index (χ4n) is 5.37. The molecule has 0 saturated carbocycles. The number of rotatable bonds is 12. The van der Waals surface area contributed by atoms with Gasteiger partial charge >= 0.3 is 0 Å². The van der Waals surface area contributed by atoms with Crippen molar-refractivity contribution in [3.63, 3.8) is 0 Å². The summed E-state index contributed by atoms with van der Waals surface area (Å²) in [6.07, 6.45) is 3.34. The summed E-state index contributed by atoms with van der Waals surface area (Å²) >= 11 is 0. The first-order valence-electron chi connectivity index (χ1n) is 15.3. The van der Waals surface area contributed by atoms with Crippen LogP contribution >= 0.6 is 0 Å². The molecule has 45 heavy (non-hydrogen) atoms. The van der Waals surface area contributed by atoms with Crippen molar-refractivity contribution in [2.75, 3.05) is 12.8 Å². The molecule has 0 spiro atoms. The molecule has 0 fully saturated rings. The van der Waals surface area contributed by atoms with E-state index in [1.165, 1.54) is 6.26 Å². The van der Waals surface area contributed by atoms with Crippen LogP contribution in [-0.2, 0) is 25.5 Å². The summed E-state index contributed by atoms with van der Waals surface area (Å²) in [6, 6.07) is 10.9. The summed E-state index contributed by atoms with van der Waals surface area (Å²) in [7, 11) is -7.10. The molecule has 2 N–H and O–H groups in total. The van der Waals surface area contributed by atoms with E-state index in [-0.39, 0.29) is 16.2 Å². The third-order valence-electron chi connectivity index (χ3n) is 8.04. The van der Waals surface area contributed by atoms with E-state index in [0.717, 1.165) is 34.5 Å². The highest BCUT2D eigenvalue weighted by Gasteiger charge is 2.32. The van der Waals surface area contributed by atoms with Crippen LogP contribution in [0.1, 0.15) is 107 Å². The Hall–Kier alpha value is -3.26. The van der Waals surface area contributed by atoms with E-state index >= 15 is 0 Å². The van der Waals surface area contributed by atoms with Crippen LogP contribution in [0.4, 0.5) is 5.69 Å². The summed E-state index contributed by atoms with van der Waals surface area (Å²) in [5, 5.41) is 13.4. The molecule has 3 aromatic rings. The maximum absolute atomic E-state index is 13.5. The minimum atomic E-state index is -3.87. The Labute approximate surface area is 267 Å². The van der Waals surface area contributed by atoms with E-state index in [2.05, 4.69) is 32.6 Å². The number of benzene rings is 2. The Bertz CT molecular complexity index is 1850. The summed E-state index contributed by atoms with van der Waals surface area (Å²) < 4.78 is 57.0. The Morgan fingerprint density at radius 1 is 0.978 bits per heavy atom. The molecule has 1 aliphatic rings. The lowest BCUT2D eigenvalue weighted by Crippen LogP contribution is -2.29. The molecule has 0 aliphatic carbocycles. The largest absolute Gasteiger partial charge is 0.243 e. The highest BCUT2D eigenvalue weighted by Crippen LogP contribution is 2.31. The Morgan fingerprint density at radius 3 is 2.29 bits per heavy atom. The highest BCUT2D eigenvalue weighted by atomic mass is 32.2. The third kappa shape index (κ3) is 7.94. The van der Waals surface area contributed by atoms with Crippen molar-refractivity contribution < 1.29 is 16.8 Å². The predicted octanol–water partition coefficient (Wildman–Crippen LogP) is 5.41. The van der Waals surface area contributed by atoms with E-state index in [9.17, 15) is 16.8 Å². The molecule has 2 atom stereocenters. The van der Waals surface area contributed by atoms with Gasteiger partial charge in [-0.3, -0.25) is 0 Å². The van der Waals surface area contributed by atoms with Gasteiger partial charge in [-0.1, -0.05) is 58.9 Å². The van der Waals surface area contributed by atoms with Gasteiger partial charge in [-0.25, -0.2) is 31.3 Å².